The fraction of sp³-hybridized carbons (Fsp3) is 0.588. The number of benzene rings is 1. The van der Waals surface area contributed by atoms with Crippen molar-refractivity contribution in [3.8, 4) is 0 Å². The van der Waals surface area contributed by atoms with Gasteiger partial charge in [0.15, 0.2) is 5.96 Å². The molecule has 132 valence electrons. The number of hydrogen-bond acceptors (Lipinski definition) is 3. The molecule has 0 unspecified atom stereocenters. The Balaban J connectivity index is 0.00000484. The van der Waals surface area contributed by atoms with E-state index < -0.39 is 0 Å². The average Bonchev–Trinajstić information content (AvgIpc) is 2.49. The Kier molecular flexibility index (Phi) is 13.1. The van der Waals surface area contributed by atoms with Gasteiger partial charge in [-0.15, -0.1) is 24.0 Å². The first-order valence-corrected chi connectivity index (χ1v) is 7.98. The third-order valence-corrected chi connectivity index (χ3v) is 3.10. The van der Waals surface area contributed by atoms with E-state index in [0.717, 1.165) is 32.2 Å². The lowest BCUT2D eigenvalue weighted by molar-refractivity contribution is 0.152. The molecule has 1 aromatic carbocycles. The Bertz CT molecular complexity index is 452. The Labute approximate surface area is 157 Å². The molecule has 6 heteroatoms. The molecule has 0 bridgehead atoms. The summed E-state index contributed by atoms with van der Waals surface area (Å²) in [6, 6.07) is 8.46. The van der Waals surface area contributed by atoms with Crippen molar-refractivity contribution in [3.63, 3.8) is 0 Å². The molecule has 0 saturated heterocycles. The number of ether oxygens (including phenoxy) is 1. The maximum Gasteiger partial charge on any atom is 0.191 e. The van der Waals surface area contributed by atoms with Gasteiger partial charge in [-0.1, -0.05) is 24.3 Å². The first-order chi connectivity index (χ1) is 10.7. The van der Waals surface area contributed by atoms with E-state index in [0.29, 0.717) is 13.2 Å². The van der Waals surface area contributed by atoms with Crippen LogP contribution in [0.1, 0.15) is 25.0 Å². The molecule has 23 heavy (non-hydrogen) atoms. The van der Waals surface area contributed by atoms with Crippen LogP contribution in [0.15, 0.2) is 29.3 Å². The molecule has 0 radical (unpaired) electrons. The van der Waals surface area contributed by atoms with Crippen LogP contribution in [-0.4, -0.2) is 51.3 Å². The quantitative estimate of drug-likeness (QED) is 0.271. The van der Waals surface area contributed by atoms with Gasteiger partial charge >= 0.3 is 0 Å². The summed E-state index contributed by atoms with van der Waals surface area (Å²) >= 11 is 0. The van der Waals surface area contributed by atoms with E-state index >= 15 is 0 Å². The Hall–Kier alpha value is -0.860. The van der Waals surface area contributed by atoms with Crippen LogP contribution in [0, 0.1) is 0 Å². The number of rotatable bonds is 9. The highest BCUT2D eigenvalue weighted by atomic mass is 127. The lowest BCUT2D eigenvalue weighted by atomic mass is 10.1. The summed E-state index contributed by atoms with van der Waals surface area (Å²) < 4.78 is 5.34. The van der Waals surface area contributed by atoms with E-state index in [4.69, 9.17) is 4.74 Å². The molecule has 0 fully saturated rings. The van der Waals surface area contributed by atoms with Gasteiger partial charge < -0.3 is 20.3 Å². The van der Waals surface area contributed by atoms with E-state index in [1.165, 1.54) is 11.1 Å². The smallest absolute Gasteiger partial charge is 0.191 e. The molecule has 0 aliphatic heterocycles. The fourth-order valence-electron chi connectivity index (χ4n) is 2.10. The zero-order valence-corrected chi connectivity index (χ0v) is 17.1. The molecule has 0 aromatic heterocycles. The molecule has 1 aromatic rings. The third kappa shape index (κ3) is 9.78. The Morgan fingerprint density at radius 2 is 1.83 bits per heavy atom. The number of aliphatic imine (C=N–C) groups is 1. The van der Waals surface area contributed by atoms with Crippen molar-refractivity contribution in [2.24, 2.45) is 4.99 Å². The summed E-state index contributed by atoms with van der Waals surface area (Å²) in [7, 11) is 4.17. The lowest BCUT2D eigenvalue weighted by Crippen LogP contribution is -2.39. The van der Waals surface area contributed by atoms with Gasteiger partial charge in [-0.3, -0.25) is 0 Å². The highest BCUT2D eigenvalue weighted by Crippen LogP contribution is 2.11. The van der Waals surface area contributed by atoms with Gasteiger partial charge in [0.1, 0.15) is 0 Å². The van der Waals surface area contributed by atoms with Crippen LogP contribution in [0.25, 0.3) is 0 Å². The molecule has 5 nitrogen and oxygen atoms in total. The number of nitrogens with zero attached hydrogens (tertiary/aromatic N) is 2. The summed E-state index contributed by atoms with van der Waals surface area (Å²) in [5.41, 5.74) is 2.58. The van der Waals surface area contributed by atoms with E-state index in [1.54, 1.807) is 0 Å². The van der Waals surface area contributed by atoms with Crippen LogP contribution in [0.5, 0.6) is 0 Å². The molecular weight excluding hydrogens is 403 g/mol. The second kappa shape index (κ2) is 13.6. The Morgan fingerprint density at radius 1 is 1.13 bits per heavy atom. The number of nitrogens with one attached hydrogen (secondary N) is 2. The maximum absolute atomic E-state index is 5.34. The fourth-order valence-corrected chi connectivity index (χ4v) is 2.10. The highest BCUT2D eigenvalue weighted by Gasteiger charge is 2.03. The SMILES string of the molecule is CCNC(=NCc1ccccc1CN(C)C)NCCOCC.I. The van der Waals surface area contributed by atoms with Crippen LogP contribution >= 0.6 is 24.0 Å². The minimum Gasteiger partial charge on any atom is -0.380 e. The van der Waals surface area contributed by atoms with Gasteiger partial charge in [-0.2, -0.15) is 0 Å². The van der Waals surface area contributed by atoms with Crippen LogP contribution in [-0.2, 0) is 17.8 Å². The summed E-state index contributed by atoms with van der Waals surface area (Å²) in [4.78, 5) is 6.84. The van der Waals surface area contributed by atoms with Crippen LogP contribution < -0.4 is 10.6 Å². The summed E-state index contributed by atoms with van der Waals surface area (Å²) in [6.45, 7) is 8.72. The average molecular weight is 434 g/mol. The van der Waals surface area contributed by atoms with Crippen LogP contribution in [0.4, 0.5) is 0 Å². The van der Waals surface area contributed by atoms with Gasteiger partial charge in [-0.05, 0) is 39.1 Å². The van der Waals surface area contributed by atoms with Crippen molar-refractivity contribution < 1.29 is 4.74 Å². The van der Waals surface area contributed by atoms with Crippen molar-refractivity contribution in [1.82, 2.24) is 15.5 Å². The van der Waals surface area contributed by atoms with Crippen LogP contribution in [0.2, 0.25) is 0 Å². The summed E-state index contributed by atoms with van der Waals surface area (Å²) in [5.74, 6) is 0.835. The largest absolute Gasteiger partial charge is 0.380 e. The molecule has 0 aliphatic carbocycles. The maximum atomic E-state index is 5.34. The van der Waals surface area contributed by atoms with E-state index in [1.807, 2.05) is 6.92 Å². The minimum absolute atomic E-state index is 0. The predicted molar refractivity (Wildman–Crippen MR) is 109 cm³/mol. The minimum atomic E-state index is 0. The van der Waals surface area contributed by atoms with Crippen LogP contribution in [0.3, 0.4) is 0 Å². The number of halogens is 1. The predicted octanol–water partition coefficient (Wildman–Crippen LogP) is 2.46. The van der Waals surface area contributed by atoms with E-state index in [2.05, 4.69) is 65.8 Å². The van der Waals surface area contributed by atoms with Gasteiger partial charge in [0.2, 0.25) is 0 Å². The van der Waals surface area contributed by atoms with Crippen molar-refractivity contribution in [3.05, 3.63) is 35.4 Å². The third-order valence-electron chi connectivity index (χ3n) is 3.10. The summed E-state index contributed by atoms with van der Waals surface area (Å²) in [5, 5.41) is 6.55. The topological polar surface area (TPSA) is 48.9 Å². The van der Waals surface area contributed by atoms with Crippen molar-refractivity contribution >= 4 is 29.9 Å². The number of guanidine groups is 1. The first-order valence-electron chi connectivity index (χ1n) is 7.98. The second-order valence-electron chi connectivity index (χ2n) is 5.33. The van der Waals surface area contributed by atoms with Gasteiger partial charge in [0, 0.05) is 26.2 Å². The normalized spacial score (nSPS) is 11.3. The molecule has 0 atom stereocenters. The number of hydrogen-bond donors (Lipinski definition) is 2. The van der Waals surface area contributed by atoms with Gasteiger partial charge in [-0.25, -0.2) is 4.99 Å². The summed E-state index contributed by atoms with van der Waals surface area (Å²) in [6.07, 6.45) is 0. The van der Waals surface area contributed by atoms with E-state index in [-0.39, 0.29) is 24.0 Å². The molecule has 0 heterocycles. The second-order valence-corrected chi connectivity index (χ2v) is 5.33. The first kappa shape index (κ1) is 22.1. The molecule has 0 saturated carbocycles. The van der Waals surface area contributed by atoms with Crippen molar-refractivity contribution in [1.29, 1.82) is 0 Å². The van der Waals surface area contributed by atoms with Crippen molar-refractivity contribution in [2.45, 2.75) is 26.9 Å². The highest BCUT2D eigenvalue weighted by molar-refractivity contribution is 14.0. The van der Waals surface area contributed by atoms with E-state index in [9.17, 15) is 0 Å². The molecule has 0 spiro atoms. The lowest BCUT2D eigenvalue weighted by Gasteiger charge is -2.14. The monoisotopic (exact) mass is 434 g/mol. The molecular formula is C17H31IN4O. The van der Waals surface area contributed by atoms with Crippen molar-refractivity contribution in [2.75, 3.05) is 40.4 Å². The molecule has 0 amide bonds. The van der Waals surface area contributed by atoms with Gasteiger partial charge in [0.25, 0.3) is 0 Å². The zero-order chi connectivity index (χ0) is 16.2. The Morgan fingerprint density at radius 3 is 2.43 bits per heavy atom. The molecule has 0 aliphatic rings. The molecule has 1 rings (SSSR count). The molecule has 2 N–H and O–H groups in total. The van der Waals surface area contributed by atoms with Gasteiger partial charge in [0.05, 0.1) is 13.2 Å². The zero-order valence-electron chi connectivity index (χ0n) is 14.8. The standard InChI is InChI=1S/C17H30N4O.HI/c1-5-18-17(19-11-12-22-6-2)20-13-15-9-7-8-10-16(15)14-21(3)4;/h7-10H,5-6,11-14H2,1-4H3,(H2,18,19,20);1H.